The molecular weight excluding hydrogens is 186 g/mol. The van der Waals surface area contributed by atoms with Crippen molar-refractivity contribution >= 4 is 0 Å². The molecule has 3 heteroatoms. The van der Waals surface area contributed by atoms with Crippen LogP contribution in [0, 0.1) is 0 Å². The number of hydrogen-bond acceptors (Lipinski definition) is 2. The molecule has 0 saturated carbocycles. The summed E-state index contributed by atoms with van der Waals surface area (Å²) in [7, 11) is 1.97. The monoisotopic (exact) mass is 209 g/mol. The molecule has 15 heavy (non-hydrogen) atoms. The Morgan fingerprint density at radius 2 is 2.20 bits per heavy atom. The molecule has 0 saturated heterocycles. The van der Waals surface area contributed by atoms with Crippen molar-refractivity contribution in [3.05, 3.63) is 18.0 Å². The first kappa shape index (κ1) is 12.2. The Bertz CT molecular complexity index is 268. The van der Waals surface area contributed by atoms with Crippen LogP contribution in [0.15, 0.2) is 12.4 Å². The van der Waals surface area contributed by atoms with E-state index in [9.17, 15) is 0 Å². The first-order valence-electron chi connectivity index (χ1n) is 5.97. The third-order valence-electron chi connectivity index (χ3n) is 2.56. The zero-order valence-electron chi connectivity index (χ0n) is 10.2. The van der Waals surface area contributed by atoms with Crippen LogP contribution in [0.2, 0.25) is 0 Å². The highest BCUT2D eigenvalue weighted by molar-refractivity contribution is 5.05. The van der Waals surface area contributed by atoms with Crippen molar-refractivity contribution in [1.82, 2.24) is 15.1 Å². The Balaban J connectivity index is 2.42. The van der Waals surface area contributed by atoms with Gasteiger partial charge in [0.25, 0.3) is 0 Å². The van der Waals surface area contributed by atoms with Crippen LogP contribution < -0.4 is 5.32 Å². The molecule has 1 N–H and O–H groups in total. The second-order valence-corrected chi connectivity index (χ2v) is 4.17. The second-order valence-electron chi connectivity index (χ2n) is 4.17. The summed E-state index contributed by atoms with van der Waals surface area (Å²) in [5, 5.41) is 7.79. The van der Waals surface area contributed by atoms with E-state index in [4.69, 9.17) is 0 Å². The van der Waals surface area contributed by atoms with Crippen molar-refractivity contribution in [3.63, 3.8) is 0 Å². The maximum atomic E-state index is 4.20. The Kier molecular flexibility index (Phi) is 5.40. The number of aromatic nitrogens is 2. The molecule has 1 unspecified atom stereocenters. The van der Waals surface area contributed by atoms with Crippen LogP contribution in [-0.2, 0) is 13.5 Å². The highest BCUT2D eigenvalue weighted by Gasteiger charge is 2.08. The molecule has 1 rings (SSSR count). The predicted octanol–water partition coefficient (Wildman–Crippen LogP) is 2.13. The van der Waals surface area contributed by atoms with Gasteiger partial charge in [-0.1, -0.05) is 20.3 Å². The molecule has 1 heterocycles. The van der Waals surface area contributed by atoms with Crippen LogP contribution in [0.5, 0.6) is 0 Å². The van der Waals surface area contributed by atoms with E-state index >= 15 is 0 Å². The van der Waals surface area contributed by atoms with Gasteiger partial charge < -0.3 is 5.32 Å². The Hall–Kier alpha value is -0.830. The van der Waals surface area contributed by atoms with E-state index in [2.05, 4.69) is 30.5 Å². The number of nitrogens with zero attached hydrogens (tertiary/aromatic N) is 2. The molecule has 1 aromatic heterocycles. The van der Waals surface area contributed by atoms with Crippen LogP contribution in [0.25, 0.3) is 0 Å². The summed E-state index contributed by atoms with van der Waals surface area (Å²) >= 11 is 0. The average molecular weight is 209 g/mol. The average Bonchev–Trinajstić information content (AvgIpc) is 2.61. The van der Waals surface area contributed by atoms with Crippen molar-refractivity contribution in [2.45, 2.75) is 45.6 Å². The van der Waals surface area contributed by atoms with E-state index in [1.807, 2.05) is 17.9 Å². The minimum Gasteiger partial charge on any atom is -0.314 e. The highest BCUT2D eigenvalue weighted by atomic mass is 15.2. The molecule has 3 nitrogen and oxygen atoms in total. The quantitative estimate of drug-likeness (QED) is 0.745. The van der Waals surface area contributed by atoms with E-state index in [-0.39, 0.29) is 0 Å². The van der Waals surface area contributed by atoms with Gasteiger partial charge in [0.15, 0.2) is 0 Å². The normalized spacial score (nSPS) is 13.0. The maximum absolute atomic E-state index is 4.20. The Labute approximate surface area is 92.9 Å². The lowest BCUT2D eigenvalue weighted by molar-refractivity contribution is 0.473. The van der Waals surface area contributed by atoms with Gasteiger partial charge >= 0.3 is 0 Å². The van der Waals surface area contributed by atoms with Crippen LogP contribution in [0.3, 0.4) is 0 Å². The minimum atomic E-state index is 0.610. The minimum absolute atomic E-state index is 0.610. The molecule has 0 spiro atoms. The summed E-state index contributed by atoms with van der Waals surface area (Å²) in [5.74, 6) is 0. The van der Waals surface area contributed by atoms with Gasteiger partial charge in [-0.2, -0.15) is 5.10 Å². The fraction of sp³-hybridized carbons (Fsp3) is 0.750. The number of nitrogens with one attached hydrogen (secondary N) is 1. The lowest BCUT2D eigenvalue weighted by atomic mass is 10.0. The molecule has 0 amide bonds. The lowest BCUT2D eigenvalue weighted by Gasteiger charge is -2.16. The molecule has 86 valence electrons. The van der Waals surface area contributed by atoms with Gasteiger partial charge in [0.1, 0.15) is 0 Å². The Morgan fingerprint density at radius 3 is 2.73 bits per heavy atom. The summed E-state index contributed by atoms with van der Waals surface area (Å²) < 4.78 is 1.87. The molecule has 0 aliphatic rings. The molecule has 0 bridgehead atoms. The van der Waals surface area contributed by atoms with Crippen LogP contribution in [0.1, 0.15) is 38.7 Å². The third kappa shape index (κ3) is 4.47. The summed E-state index contributed by atoms with van der Waals surface area (Å²) in [6, 6.07) is 0.610. The Morgan fingerprint density at radius 1 is 1.40 bits per heavy atom. The van der Waals surface area contributed by atoms with Gasteiger partial charge in [0, 0.05) is 19.3 Å². The van der Waals surface area contributed by atoms with Gasteiger partial charge in [0.2, 0.25) is 0 Å². The summed E-state index contributed by atoms with van der Waals surface area (Å²) in [4.78, 5) is 0. The van der Waals surface area contributed by atoms with E-state index < -0.39 is 0 Å². The van der Waals surface area contributed by atoms with Gasteiger partial charge in [0.05, 0.1) is 6.20 Å². The fourth-order valence-electron chi connectivity index (χ4n) is 1.84. The third-order valence-corrected chi connectivity index (χ3v) is 2.56. The van der Waals surface area contributed by atoms with E-state index in [1.54, 1.807) is 0 Å². The molecule has 1 aromatic rings. The molecule has 0 aliphatic heterocycles. The molecule has 0 fully saturated rings. The number of aryl methyl sites for hydroxylation is 1. The second kappa shape index (κ2) is 6.62. The van der Waals surface area contributed by atoms with Crippen LogP contribution in [-0.4, -0.2) is 22.4 Å². The summed E-state index contributed by atoms with van der Waals surface area (Å²) in [5.41, 5.74) is 1.33. The van der Waals surface area contributed by atoms with Gasteiger partial charge in [-0.05, 0) is 31.4 Å². The fourth-order valence-corrected chi connectivity index (χ4v) is 1.84. The topological polar surface area (TPSA) is 29.9 Å². The molecular formula is C12H23N3. The van der Waals surface area contributed by atoms with Crippen LogP contribution >= 0.6 is 0 Å². The van der Waals surface area contributed by atoms with Crippen molar-refractivity contribution in [1.29, 1.82) is 0 Å². The van der Waals surface area contributed by atoms with Crippen molar-refractivity contribution in [3.8, 4) is 0 Å². The van der Waals surface area contributed by atoms with Crippen molar-refractivity contribution in [2.75, 3.05) is 6.54 Å². The van der Waals surface area contributed by atoms with E-state index in [1.165, 1.54) is 24.8 Å². The number of rotatable bonds is 7. The van der Waals surface area contributed by atoms with Gasteiger partial charge in [-0.25, -0.2) is 0 Å². The smallest absolute Gasteiger partial charge is 0.0522 e. The van der Waals surface area contributed by atoms with Gasteiger partial charge in [-0.3, -0.25) is 4.68 Å². The van der Waals surface area contributed by atoms with E-state index in [0.717, 1.165) is 13.0 Å². The first-order chi connectivity index (χ1) is 7.26. The standard InChI is InChI=1S/C12H23N3/c1-4-6-12(13-7-5-2)8-11-9-14-15(3)10-11/h9-10,12-13H,4-8H2,1-3H3. The molecule has 0 aromatic carbocycles. The molecule has 0 radical (unpaired) electrons. The lowest BCUT2D eigenvalue weighted by Crippen LogP contribution is -2.31. The zero-order chi connectivity index (χ0) is 11.1. The maximum Gasteiger partial charge on any atom is 0.0522 e. The van der Waals surface area contributed by atoms with Gasteiger partial charge in [-0.15, -0.1) is 0 Å². The summed E-state index contributed by atoms with van der Waals surface area (Å²) in [6.45, 7) is 5.56. The zero-order valence-corrected chi connectivity index (χ0v) is 10.2. The largest absolute Gasteiger partial charge is 0.314 e. The van der Waals surface area contributed by atoms with Crippen molar-refractivity contribution < 1.29 is 0 Å². The highest BCUT2D eigenvalue weighted by Crippen LogP contribution is 2.06. The molecule has 1 atom stereocenters. The van der Waals surface area contributed by atoms with Crippen LogP contribution in [0.4, 0.5) is 0 Å². The van der Waals surface area contributed by atoms with E-state index in [0.29, 0.717) is 6.04 Å². The summed E-state index contributed by atoms with van der Waals surface area (Å²) in [6.07, 6.45) is 8.86. The SMILES string of the molecule is CCCNC(CCC)Cc1cnn(C)c1. The number of hydrogen-bond donors (Lipinski definition) is 1. The molecule has 0 aliphatic carbocycles. The predicted molar refractivity (Wildman–Crippen MR) is 63.9 cm³/mol. The van der Waals surface area contributed by atoms with Crippen molar-refractivity contribution in [2.24, 2.45) is 7.05 Å². The first-order valence-corrected chi connectivity index (χ1v) is 5.97.